The van der Waals surface area contributed by atoms with E-state index in [1.807, 2.05) is 0 Å². The smallest absolute Gasteiger partial charge is 0.260 e. The van der Waals surface area contributed by atoms with E-state index >= 15 is 0 Å². The number of benzene rings is 1. The highest BCUT2D eigenvalue weighted by molar-refractivity contribution is 7.89. The van der Waals surface area contributed by atoms with Gasteiger partial charge in [-0.15, -0.1) is 0 Å². The predicted octanol–water partition coefficient (Wildman–Crippen LogP) is 2.93. The summed E-state index contributed by atoms with van der Waals surface area (Å²) in [5.74, 6) is -2.95. The number of hydrogen-bond acceptors (Lipinski definition) is 7. The van der Waals surface area contributed by atoms with E-state index in [0.29, 0.717) is 30.4 Å². The molecule has 0 unspecified atom stereocenters. The summed E-state index contributed by atoms with van der Waals surface area (Å²) in [6, 6.07) is 5.12. The SMILES string of the molecule is CC1(C)CN(S(=O)(=O)c2cc(F)cc(F)c2)Cc2c(NC(=O)c3cccnc3NC(=O)[C@@H]3CCCO3)n[nH]c21. The highest BCUT2D eigenvalue weighted by atomic mass is 32.2. The van der Waals surface area contributed by atoms with E-state index in [9.17, 15) is 26.8 Å². The Morgan fingerprint density at radius 1 is 1.15 bits per heavy atom. The van der Waals surface area contributed by atoms with Crippen LogP contribution in [0.3, 0.4) is 0 Å². The van der Waals surface area contributed by atoms with Crippen LogP contribution in [0.25, 0.3) is 0 Å². The predicted molar refractivity (Wildman–Crippen MR) is 135 cm³/mol. The van der Waals surface area contributed by atoms with Gasteiger partial charge in [-0.25, -0.2) is 22.2 Å². The molecule has 2 aliphatic heterocycles. The van der Waals surface area contributed by atoms with Crippen LogP contribution < -0.4 is 10.6 Å². The highest BCUT2D eigenvalue weighted by Gasteiger charge is 2.41. The normalized spacial score (nSPS) is 18.9. The van der Waals surface area contributed by atoms with E-state index in [4.69, 9.17) is 4.74 Å². The monoisotopic (exact) mass is 560 g/mol. The lowest BCUT2D eigenvalue weighted by Gasteiger charge is -2.36. The van der Waals surface area contributed by atoms with Crippen molar-refractivity contribution in [2.24, 2.45) is 0 Å². The van der Waals surface area contributed by atoms with Gasteiger partial charge in [0.05, 0.1) is 10.5 Å². The van der Waals surface area contributed by atoms with Gasteiger partial charge in [-0.1, -0.05) is 13.8 Å². The Morgan fingerprint density at radius 2 is 1.90 bits per heavy atom. The highest BCUT2D eigenvalue weighted by Crippen LogP contribution is 2.38. The number of sulfonamides is 1. The molecule has 0 aliphatic carbocycles. The molecule has 0 saturated carbocycles. The van der Waals surface area contributed by atoms with Crippen LogP contribution >= 0.6 is 0 Å². The molecule has 2 aliphatic rings. The largest absolute Gasteiger partial charge is 0.368 e. The molecule has 3 N–H and O–H groups in total. The summed E-state index contributed by atoms with van der Waals surface area (Å²) in [5, 5.41) is 12.4. The van der Waals surface area contributed by atoms with Crippen molar-refractivity contribution in [3.8, 4) is 0 Å². The molecule has 1 saturated heterocycles. The van der Waals surface area contributed by atoms with E-state index in [2.05, 4.69) is 25.8 Å². The van der Waals surface area contributed by atoms with Crippen molar-refractivity contribution >= 4 is 33.5 Å². The zero-order valence-electron chi connectivity index (χ0n) is 21.1. The first kappa shape index (κ1) is 26.8. The summed E-state index contributed by atoms with van der Waals surface area (Å²) in [6.07, 6.45) is 2.13. The number of ether oxygens (including phenoxy) is 1. The minimum atomic E-state index is -4.29. The molecular weight excluding hydrogens is 534 g/mol. The Labute approximate surface area is 223 Å². The van der Waals surface area contributed by atoms with Gasteiger partial charge in [-0.05, 0) is 37.1 Å². The van der Waals surface area contributed by atoms with Crippen LogP contribution in [0.4, 0.5) is 20.4 Å². The number of amides is 2. The van der Waals surface area contributed by atoms with E-state index < -0.39 is 49.9 Å². The molecule has 1 atom stereocenters. The van der Waals surface area contributed by atoms with Crippen molar-refractivity contribution < 1.29 is 31.5 Å². The van der Waals surface area contributed by atoms with Crippen LogP contribution in [0.5, 0.6) is 0 Å². The maximum Gasteiger partial charge on any atom is 0.260 e. The van der Waals surface area contributed by atoms with Gasteiger partial charge in [0.15, 0.2) is 5.82 Å². The number of halogens is 2. The Kier molecular flexibility index (Phi) is 6.95. The van der Waals surface area contributed by atoms with Crippen LogP contribution in [0, 0.1) is 11.6 Å². The summed E-state index contributed by atoms with van der Waals surface area (Å²) in [4.78, 5) is 29.4. The van der Waals surface area contributed by atoms with Crippen LogP contribution in [-0.4, -0.2) is 59.0 Å². The maximum atomic E-state index is 13.8. The van der Waals surface area contributed by atoms with Crippen molar-refractivity contribution in [2.45, 2.75) is 49.6 Å². The van der Waals surface area contributed by atoms with E-state index in [0.717, 1.165) is 22.9 Å². The van der Waals surface area contributed by atoms with Gasteiger partial charge in [0.25, 0.3) is 11.8 Å². The lowest BCUT2D eigenvalue weighted by Crippen LogP contribution is -2.45. The van der Waals surface area contributed by atoms with Crippen LogP contribution in [-0.2, 0) is 31.5 Å². The van der Waals surface area contributed by atoms with Gasteiger partial charge in [-0.2, -0.15) is 9.40 Å². The molecule has 4 heterocycles. The lowest BCUT2D eigenvalue weighted by atomic mass is 9.84. The van der Waals surface area contributed by atoms with E-state index in [1.165, 1.54) is 18.3 Å². The number of carbonyl (C=O) groups excluding carboxylic acids is 2. The molecule has 206 valence electrons. The molecule has 2 aromatic heterocycles. The fourth-order valence-electron chi connectivity index (χ4n) is 4.78. The molecule has 11 nitrogen and oxygen atoms in total. The molecule has 1 aromatic carbocycles. The number of H-pyrrole nitrogens is 1. The van der Waals surface area contributed by atoms with Gasteiger partial charge in [0.1, 0.15) is 23.6 Å². The fourth-order valence-corrected chi connectivity index (χ4v) is 6.39. The minimum Gasteiger partial charge on any atom is -0.368 e. The maximum absolute atomic E-state index is 13.8. The van der Waals surface area contributed by atoms with Gasteiger partial charge in [0.2, 0.25) is 10.0 Å². The topological polar surface area (TPSA) is 146 Å². The van der Waals surface area contributed by atoms with E-state index in [1.54, 1.807) is 13.8 Å². The molecule has 14 heteroatoms. The zero-order valence-corrected chi connectivity index (χ0v) is 21.9. The zero-order chi connectivity index (χ0) is 27.9. The van der Waals surface area contributed by atoms with Gasteiger partial charge in [0, 0.05) is 48.6 Å². The van der Waals surface area contributed by atoms with Crippen LogP contribution in [0.1, 0.15) is 48.3 Å². The number of carbonyl (C=O) groups is 2. The third-order valence-corrected chi connectivity index (χ3v) is 8.44. The molecule has 0 radical (unpaired) electrons. The molecular formula is C25H26F2N6O5S. The number of aromatic amines is 1. The average molecular weight is 561 g/mol. The molecule has 5 rings (SSSR count). The first-order valence-electron chi connectivity index (χ1n) is 12.2. The Hall–Kier alpha value is -3.75. The van der Waals surface area contributed by atoms with Crippen molar-refractivity contribution in [3.63, 3.8) is 0 Å². The number of fused-ring (bicyclic) bond motifs is 1. The van der Waals surface area contributed by atoms with Crippen molar-refractivity contribution in [1.29, 1.82) is 0 Å². The second-order valence-corrected chi connectivity index (χ2v) is 12.0. The van der Waals surface area contributed by atoms with Crippen molar-refractivity contribution in [3.05, 3.63) is 65.0 Å². The number of pyridine rings is 1. The van der Waals surface area contributed by atoms with Crippen LogP contribution in [0.15, 0.2) is 41.4 Å². The molecule has 0 bridgehead atoms. The Bertz CT molecular complexity index is 1530. The van der Waals surface area contributed by atoms with Crippen molar-refractivity contribution in [2.75, 3.05) is 23.8 Å². The quantitative estimate of drug-likeness (QED) is 0.420. The number of aromatic nitrogens is 3. The molecule has 2 amide bonds. The van der Waals surface area contributed by atoms with E-state index in [-0.39, 0.29) is 30.3 Å². The van der Waals surface area contributed by atoms with Gasteiger partial charge >= 0.3 is 0 Å². The number of nitrogens with zero attached hydrogens (tertiary/aromatic N) is 3. The summed E-state index contributed by atoms with van der Waals surface area (Å²) in [7, 11) is -4.29. The summed E-state index contributed by atoms with van der Waals surface area (Å²) in [5.41, 5.74) is 0.286. The summed E-state index contributed by atoms with van der Waals surface area (Å²) < 4.78 is 60.8. The average Bonchev–Trinajstić information content (AvgIpc) is 3.55. The number of nitrogens with one attached hydrogen (secondary N) is 3. The summed E-state index contributed by atoms with van der Waals surface area (Å²) in [6.45, 7) is 3.83. The summed E-state index contributed by atoms with van der Waals surface area (Å²) >= 11 is 0. The van der Waals surface area contributed by atoms with Gasteiger partial charge < -0.3 is 15.4 Å². The first-order valence-corrected chi connectivity index (χ1v) is 13.6. The molecule has 0 spiro atoms. The van der Waals surface area contributed by atoms with Gasteiger partial charge in [-0.3, -0.25) is 14.7 Å². The second kappa shape index (κ2) is 10.1. The van der Waals surface area contributed by atoms with Crippen LogP contribution in [0.2, 0.25) is 0 Å². The Morgan fingerprint density at radius 3 is 2.59 bits per heavy atom. The molecule has 39 heavy (non-hydrogen) atoms. The first-order chi connectivity index (χ1) is 18.5. The Balaban J connectivity index is 1.41. The van der Waals surface area contributed by atoms with Crippen molar-refractivity contribution in [1.82, 2.24) is 19.5 Å². The third-order valence-electron chi connectivity index (χ3n) is 6.67. The minimum absolute atomic E-state index is 0.00192. The number of hydrogen-bond donors (Lipinski definition) is 3. The molecule has 1 fully saturated rings. The molecule has 3 aromatic rings. The second-order valence-electron chi connectivity index (χ2n) is 10.0. The standard InChI is InChI=1S/C25H26F2N6O5S/c1-25(2)13-33(39(36,37)16-10-14(26)9-15(27)11-16)12-18-20(25)31-32-22(18)30-23(34)17-5-3-7-28-21(17)29-24(35)19-6-4-8-38-19/h3,5,7,9-11,19H,4,6,8,12-13H2,1-2H3,(H,28,29,35)(H2,30,31,32,34)/t19-/m0/s1. The third kappa shape index (κ3) is 5.27. The number of anilines is 2. The fraction of sp³-hybridized carbons (Fsp3) is 0.360. The lowest BCUT2D eigenvalue weighted by molar-refractivity contribution is -0.124. The number of rotatable bonds is 6.